The average Bonchev–Trinajstić information content (AvgIpc) is 2.58. The second-order valence-electron chi connectivity index (χ2n) is 5.40. The quantitative estimate of drug-likeness (QED) is 0.825. The maximum Gasteiger partial charge on any atom is 0.252 e. The molecule has 0 saturated heterocycles. The Labute approximate surface area is 147 Å². The molecular formula is C20H20N2O3. The molecule has 0 aliphatic rings. The highest BCUT2D eigenvalue weighted by Crippen LogP contribution is 2.16. The van der Waals surface area contributed by atoms with Gasteiger partial charge in [-0.05, 0) is 31.2 Å². The molecule has 0 unspecified atom stereocenters. The first-order valence-corrected chi connectivity index (χ1v) is 7.85. The van der Waals surface area contributed by atoms with E-state index in [1.165, 1.54) is 6.92 Å². The summed E-state index contributed by atoms with van der Waals surface area (Å²) in [7, 11) is 0. The van der Waals surface area contributed by atoms with Crippen LogP contribution in [0.15, 0.2) is 48.5 Å². The van der Waals surface area contributed by atoms with Crippen molar-refractivity contribution in [3.8, 4) is 17.6 Å². The van der Waals surface area contributed by atoms with E-state index in [9.17, 15) is 9.59 Å². The summed E-state index contributed by atoms with van der Waals surface area (Å²) in [5.41, 5.74) is 2.39. The Kier molecular flexibility index (Phi) is 6.61. The second-order valence-corrected chi connectivity index (χ2v) is 5.40. The van der Waals surface area contributed by atoms with Gasteiger partial charge in [-0.3, -0.25) is 9.59 Å². The Hall–Kier alpha value is -3.26. The average molecular weight is 336 g/mol. The van der Waals surface area contributed by atoms with Crippen molar-refractivity contribution in [2.45, 2.75) is 13.8 Å². The smallest absolute Gasteiger partial charge is 0.252 e. The lowest BCUT2D eigenvalue weighted by Crippen LogP contribution is -2.23. The predicted octanol–water partition coefficient (Wildman–Crippen LogP) is 2.77. The van der Waals surface area contributed by atoms with Crippen LogP contribution in [0.3, 0.4) is 0 Å². The van der Waals surface area contributed by atoms with Crippen LogP contribution in [0.4, 0.5) is 5.69 Å². The molecule has 2 aromatic carbocycles. The molecule has 25 heavy (non-hydrogen) atoms. The first-order chi connectivity index (χ1) is 12.0. The maximum absolute atomic E-state index is 11.9. The lowest BCUT2D eigenvalue weighted by atomic mass is 10.1. The van der Waals surface area contributed by atoms with E-state index in [1.807, 2.05) is 19.1 Å². The van der Waals surface area contributed by atoms with Crippen molar-refractivity contribution in [2.75, 3.05) is 18.5 Å². The van der Waals surface area contributed by atoms with E-state index in [-0.39, 0.29) is 25.0 Å². The SMILES string of the molecule is CC(=O)Nc1cccc(OCC#CCNC(=O)c2ccc(C)cc2)c1. The molecule has 0 heterocycles. The summed E-state index contributed by atoms with van der Waals surface area (Å²) < 4.78 is 5.50. The molecule has 128 valence electrons. The van der Waals surface area contributed by atoms with Gasteiger partial charge < -0.3 is 15.4 Å². The van der Waals surface area contributed by atoms with E-state index in [0.717, 1.165) is 5.56 Å². The van der Waals surface area contributed by atoms with Gasteiger partial charge in [-0.25, -0.2) is 0 Å². The molecule has 2 rings (SSSR count). The van der Waals surface area contributed by atoms with Crippen molar-refractivity contribution in [1.82, 2.24) is 5.32 Å². The van der Waals surface area contributed by atoms with Gasteiger partial charge in [0.1, 0.15) is 12.4 Å². The molecule has 2 amide bonds. The standard InChI is InChI=1S/C20H20N2O3/c1-15-8-10-17(11-9-15)20(24)21-12-3-4-13-25-19-7-5-6-18(14-19)22-16(2)23/h5-11,14H,12-13H2,1-2H3,(H,21,24)(H,22,23). The molecular weight excluding hydrogens is 316 g/mol. The monoisotopic (exact) mass is 336 g/mol. The maximum atomic E-state index is 11.9. The van der Waals surface area contributed by atoms with E-state index < -0.39 is 0 Å². The Morgan fingerprint density at radius 3 is 2.56 bits per heavy atom. The lowest BCUT2D eigenvalue weighted by Gasteiger charge is -2.05. The number of hydrogen-bond acceptors (Lipinski definition) is 3. The van der Waals surface area contributed by atoms with E-state index in [1.54, 1.807) is 36.4 Å². The summed E-state index contributed by atoms with van der Waals surface area (Å²) in [5.74, 6) is 6.00. The molecule has 0 fully saturated rings. The summed E-state index contributed by atoms with van der Waals surface area (Å²) in [6.45, 7) is 3.87. The minimum Gasteiger partial charge on any atom is -0.481 e. The van der Waals surface area contributed by atoms with Crippen molar-refractivity contribution in [2.24, 2.45) is 0 Å². The molecule has 0 aliphatic carbocycles. The van der Waals surface area contributed by atoms with Crippen molar-refractivity contribution < 1.29 is 14.3 Å². The topological polar surface area (TPSA) is 67.4 Å². The molecule has 0 radical (unpaired) electrons. The number of hydrogen-bond donors (Lipinski definition) is 2. The van der Waals surface area contributed by atoms with Gasteiger partial charge in [0.05, 0.1) is 6.54 Å². The van der Waals surface area contributed by atoms with Gasteiger partial charge in [-0.15, -0.1) is 0 Å². The molecule has 0 aliphatic heterocycles. The largest absolute Gasteiger partial charge is 0.481 e. The highest BCUT2D eigenvalue weighted by atomic mass is 16.5. The molecule has 0 aromatic heterocycles. The fraction of sp³-hybridized carbons (Fsp3) is 0.200. The van der Waals surface area contributed by atoms with Crippen LogP contribution in [0.1, 0.15) is 22.8 Å². The normalized spacial score (nSPS) is 9.52. The third kappa shape index (κ3) is 6.40. The summed E-state index contributed by atoms with van der Waals surface area (Å²) in [6.07, 6.45) is 0. The zero-order chi connectivity index (χ0) is 18.1. The molecule has 0 atom stereocenters. The van der Waals surface area contributed by atoms with E-state index in [4.69, 9.17) is 4.74 Å². The molecule has 2 N–H and O–H groups in total. The third-order valence-corrected chi connectivity index (χ3v) is 3.24. The summed E-state index contributed by atoms with van der Waals surface area (Å²) in [6, 6.07) is 14.4. The van der Waals surface area contributed by atoms with Crippen molar-refractivity contribution in [3.63, 3.8) is 0 Å². The van der Waals surface area contributed by atoms with E-state index in [2.05, 4.69) is 22.5 Å². The molecule has 0 saturated carbocycles. The number of carbonyl (C=O) groups excluding carboxylic acids is 2. The van der Waals surface area contributed by atoms with Gasteiger partial charge >= 0.3 is 0 Å². The zero-order valence-corrected chi connectivity index (χ0v) is 14.3. The van der Waals surface area contributed by atoms with Crippen LogP contribution in [-0.2, 0) is 4.79 Å². The number of carbonyl (C=O) groups is 2. The first kappa shape index (κ1) is 18.1. The van der Waals surface area contributed by atoms with Gasteiger partial charge in [-0.1, -0.05) is 35.6 Å². The van der Waals surface area contributed by atoms with Gasteiger partial charge in [0, 0.05) is 24.2 Å². The molecule has 5 nitrogen and oxygen atoms in total. The number of nitrogens with one attached hydrogen (secondary N) is 2. The summed E-state index contributed by atoms with van der Waals surface area (Å²) in [5, 5.41) is 5.42. The van der Waals surface area contributed by atoms with Crippen LogP contribution in [0.25, 0.3) is 0 Å². The van der Waals surface area contributed by atoms with Crippen LogP contribution in [-0.4, -0.2) is 25.0 Å². The van der Waals surface area contributed by atoms with Gasteiger partial charge in [0.25, 0.3) is 5.91 Å². The van der Waals surface area contributed by atoms with Crippen LogP contribution in [0, 0.1) is 18.8 Å². The van der Waals surface area contributed by atoms with Gasteiger partial charge in [0.2, 0.25) is 5.91 Å². The number of ether oxygens (including phenoxy) is 1. The number of anilines is 1. The molecule has 2 aromatic rings. The fourth-order valence-corrected chi connectivity index (χ4v) is 2.03. The minimum absolute atomic E-state index is 0.138. The van der Waals surface area contributed by atoms with Crippen LogP contribution >= 0.6 is 0 Å². The lowest BCUT2D eigenvalue weighted by molar-refractivity contribution is -0.114. The number of rotatable bonds is 5. The molecule has 0 bridgehead atoms. The fourth-order valence-electron chi connectivity index (χ4n) is 2.03. The predicted molar refractivity (Wildman–Crippen MR) is 97.5 cm³/mol. The summed E-state index contributed by atoms with van der Waals surface area (Å²) >= 11 is 0. The Bertz CT molecular complexity index is 802. The first-order valence-electron chi connectivity index (χ1n) is 7.85. The van der Waals surface area contributed by atoms with Crippen molar-refractivity contribution in [3.05, 3.63) is 59.7 Å². The van der Waals surface area contributed by atoms with Crippen molar-refractivity contribution in [1.29, 1.82) is 0 Å². The molecule has 0 spiro atoms. The Balaban J connectivity index is 1.75. The van der Waals surface area contributed by atoms with E-state index in [0.29, 0.717) is 17.0 Å². The van der Waals surface area contributed by atoms with Gasteiger partial charge in [0.15, 0.2) is 0 Å². The van der Waals surface area contributed by atoms with Crippen LogP contribution in [0.5, 0.6) is 5.75 Å². The highest BCUT2D eigenvalue weighted by Gasteiger charge is 2.02. The third-order valence-electron chi connectivity index (χ3n) is 3.24. The highest BCUT2D eigenvalue weighted by molar-refractivity contribution is 5.94. The van der Waals surface area contributed by atoms with Crippen molar-refractivity contribution >= 4 is 17.5 Å². The Morgan fingerprint density at radius 2 is 1.84 bits per heavy atom. The zero-order valence-electron chi connectivity index (χ0n) is 14.3. The van der Waals surface area contributed by atoms with Crippen LogP contribution < -0.4 is 15.4 Å². The number of amides is 2. The number of benzene rings is 2. The minimum atomic E-state index is -0.154. The van der Waals surface area contributed by atoms with Gasteiger partial charge in [-0.2, -0.15) is 0 Å². The number of aryl methyl sites for hydroxylation is 1. The molecule has 5 heteroatoms. The summed E-state index contributed by atoms with van der Waals surface area (Å²) in [4.78, 5) is 22.9. The van der Waals surface area contributed by atoms with Crippen LogP contribution in [0.2, 0.25) is 0 Å². The Morgan fingerprint density at radius 1 is 1.08 bits per heavy atom. The second kappa shape index (κ2) is 9.14. The van der Waals surface area contributed by atoms with E-state index >= 15 is 0 Å².